The predicted octanol–water partition coefficient (Wildman–Crippen LogP) is 1.38. The van der Waals surface area contributed by atoms with Crippen LogP contribution in [-0.2, 0) is 9.84 Å². The normalized spacial score (nSPS) is 11.8. The Balaban J connectivity index is 3.73. The maximum absolute atomic E-state index is 10.8. The highest BCUT2D eigenvalue weighted by Crippen LogP contribution is 2.00. The molecule has 0 aromatic carbocycles. The second kappa shape index (κ2) is 3.88. The van der Waals surface area contributed by atoms with Crippen LogP contribution < -0.4 is 0 Å². The summed E-state index contributed by atoms with van der Waals surface area (Å²) in [6.07, 6.45) is 1.32. The second-order valence-electron chi connectivity index (χ2n) is 1.94. The summed E-state index contributed by atoms with van der Waals surface area (Å²) >= 11 is 0. The van der Waals surface area contributed by atoms with Crippen LogP contribution in [0.3, 0.4) is 0 Å². The van der Waals surface area contributed by atoms with Gasteiger partial charge in [0.2, 0.25) is 0 Å². The highest BCUT2D eigenvalue weighted by molar-refractivity contribution is 7.93. The molecule has 0 saturated heterocycles. The molecule has 0 unspecified atom stereocenters. The van der Waals surface area contributed by atoms with Gasteiger partial charge in [0.1, 0.15) is 0 Å². The summed E-state index contributed by atoms with van der Waals surface area (Å²) < 4.78 is 21.6. The lowest BCUT2D eigenvalue weighted by molar-refractivity contribution is 0.599. The molecule has 3 heteroatoms. The van der Waals surface area contributed by atoms with Gasteiger partial charge in [-0.2, -0.15) is 0 Å². The summed E-state index contributed by atoms with van der Waals surface area (Å²) in [6.45, 7) is 3.69. The van der Waals surface area contributed by atoms with Crippen LogP contribution in [0.2, 0.25) is 0 Å². The molecule has 0 N–H and O–H groups in total. The van der Waals surface area contributed by atoms with Gasteiger partial charge < -0.3 is 0 Å². The van der Waals surface area contributed by atoms with Gasteiger partial charge in [-0.3, -0.25) is 0 Å². The number of hydrogen-bond donors (Lipinski definition) is 0. The molecule has 0 aliphatic rings. The van der Waals surface area contributed by atoms with Crippen LogP contribution in [0.1, 0.15) is 26.7 Å². The number of hydrogen-bond acceptors (Lipinski definition) is 2. The van der Waals surface area contributed by atoms with Crippen molar-refractivity contribution < 1.29 is 8.42 Å². The lowest BCUT2D eigenvalue weighted by Crippen LogP contribution is -2.04. The van der Waals surface area contributed by atoms with Crippen LogP contribution >= 0.6 is 0 Å². The maximum atomic E-state index is 10.8. The third-order valence-electron chi connectivity index (χ3n) is 0.909. The zero-order chi connectivity index (χ0) is 7.33. The van der Waals surface area contributed by atoms with E-state index in [1.165, 1.54) is 5.75 Å². The van der Waals surface area contributed by atoms with Gasteiger partial charge in [-0.25, -0.2) is 8.42 Å². The van der Waals surface area contributed by atoms with E-state index in [-0.39, 0.29) is 0 Å². The molecule has 55 valence electrons. The first kappa shape index (κ1) is 8.95. The van der Waals surface area contributed by atoms with Crippen molar-refractivity contribution in [3.8, 4) is 0 Å². The molecule has 0 saturated carbocycles. The highest BCUT2D eigenvalue weighted by Gasteiger charge is 2.06. The summed E-state index contributed by atoms with van der Waals surface area (Å²) in [5.74, 6) is 1.66. The van der Waals surface area contributed by atoms with Gasteiger partial charge in [-0.05, 0) is 12.8 Å². The molecule has 2 nitrogen and oxygen atoms in total. The first-order valence-corrected chi connectivity index (χ1v) is 4.90. The average Bonchev–Trinajstić information content (AvgIpc) is 1.64. The molecule has 0 aliphatic carbocycles. The molecular formula is C6H13O2S. The van der Waals surface area contributed by atoms with Crippen LogP contribution in [-0.4, -0.2) is 14.2 Å². The molecule has 0 spiro atoms. The summed E-state index contributed by atoms with van der Waals surface area (Å²) in [4.78, 5) is 0. The van der Waals surface area contributed by atoms with Crippen LogP contribution in [0.25, 0.3) is 0 Å². The number of sulfone groups is 1. The SMILES string of the molecule is CC[CH]S(=O)(=O)CCC. The highest BCUT2D eigenvalue weighted by atomic mass is 32.2. The standard InChI is InChI=1S/C6H13O2S/c1-3-5-9(7,8)6-4-2/h5H,3-4,6H2,1-2H3. The second-order valence-corrected chi connectivity index (χ2v) is 4.01. The van der Waals surface area contributed by atoms with Crippen molar-refractivity contribution in [1.82, 2.24) is 0 Å². The van der Waals surface area contributed by atoms with Crippen molar-refractivity contribution in [2.45, 2.75) is 26.7 Å². The molecule has 0 rings (SSSR count). The average molecular weight is 149 g/mol. The van der Waals surface area contributed by atoms with Crippen molar-refractivity contribution in [3.05, 3.63) is 5.75 Å². The zero-order valence-corrected chi connectivity index (χ0v) is 6.74. The van der Waals surface area contributed by atoms with Crippen molar-refractivity contribution in [3.63, 3.8) is 0 Å². The first-order chi connectivity index (χ1) is 4.12. The Morgan fingerprint density at radius 1 is 1.33 bits per heavy atom. The van der Waals surface area contributed by atoms with Crippen molar-refractivity contribution >= 4 is 9.84 Å². The minimum Gasteiger partial charge on any atom is -0.229 e. The fourth-order valence-electron chi connectivity index (χ4n) is 0.622. The topological polar surface area (TPSA) is 34.1 Å². The molecule has 0 bridgehead atoms. The van der Waals surface area contributed by atoms with Crippen LogP contribution in [0.5, 0.6) is 0 Å². The molecule has 0 heterocycles. The Labute approximate surface area is 57.2 Å². The van der Waals surface area contributed by atoms with E-state index in [0.717, 1.165) is 0 Å². The van der Waals surface area contributed by atoms with Gasteiger partial charge >= 0.3 is 0 Å². The van der Waals surface area contributed by atoms with E-state index in [1.54, 1.807) is 0 Å². The summed E-state index contributed by atoms with van der Waals surface area (Å²) in [5, 5.41) is 0. The fourth-order valence-corrected chi connectivity index (χ4v) is 1.87. The van der Waals surface area contributed by atoms with Gasteiger partial charge in [0.25, 0.3) is 0 Å². The molecule has 0 fully saturated rings. The fraction of sp³-hybridized carbons (Fsp3) is 0.833. The maximum Gasteiger partial charge on any atom is 0.154 e. The minimum atomic E-state index is -2.81. The molecule has 0 aromatic rings. The largest absolute Gasteiger partial charge is 0.229 e. The van der Waals surface area contributed by atoms with Crippen molar-refractivity contribution in [2.24, 2.45) is 0 Å². The molecule has 1 radical (unpaired) electrons. The Bertz CT molecular complexity index is 134. The Morgan fingerprint density at radius 3 is 2.22 bits per heavy atom. The van der Waals surface area contributed by atoms with E-state index in [4.69, 9.17) is 0 Å². The van der Waals surface area contributed by atoms with E-state index < -0.39 is 9.84 Å². The predicted molar refractivity (Wildman–Crippen MR) is 38.7 cm³/mol. The summed E-state index contributed by atoms with van der Waals surface area (Å²) in [6, 6.07) is 0. The van der Waals surface area contributed by atoms with Gasteiger partial charge in [0.05, 0.1) is 11.5 Å². The van der Waals surface area contributed by atoms with Gasteiger partial charge in [-0.1, -0.05) is 13.8 Å². The van der Waals surface area contributed by atoms with Gasteiger partial charge in [-0.15, -0.1) is 0 Å². The van der Waals surface area contributed by atoms with E-state index >= 15 is 0 Å². The van der Waals surface area contributed by atoms with E-state index in [0.29, 0.717) is 18.6 Å². The minimum absolute atomic E-state index is 0.292. The first-order valence-electron chi connectivity index (χ1n) is 3.18. The lowest BCUT2D eigenvalue weighted by Gasteiger charge is -1.96. The summed E-state index contributed by atoms with van der Waals surface area (Å²) in [5.41, 5.74) is 0. The molecule has 0 aromatic heterocycles. The van der Waals surface area contributed by atoms with Crippen LogP contribution in [0, 0.1) is 5.75 Å². The van der Waals surface area contributed by atoms with Crippen molar-refractivity contribution in [2.75, 3.05) is 5.75 Å². The van der Waals surface area contributed by atoms with Crippen molar-refractivity contribution in [1.29, 1.82) is 0 Å². The van der Waals surface area contributed by atoms with Crippen LogP contribution in [0.15, 0.2) is 0 Å². The molecule has 9 heavy (non-hydrogen) atoms. The van der Waals surface area contributed by atoms with Crippen LogP contribution in [0.4, 0.5) is 0 Å². The quantitative estimate of drug-likeness (QED) is 0.605. The molecule has 0 aliphatic heterocycles. The third kappa shape index (κ3) is 4.45. The van der Waals surface area contributed by atoms with E-state index in [1.807, 2.05) is 13.8 Å². The van der Waals surface area contributed by atoms with Gasteiger partial charge in [0.15, 0.2) is 9.84 Å². The Kier molecular flexibility index (Phi) is 3.86. The molecule has 0 atom stereocenters. The number of rotatable bonds is 4. The molecular weight excluding hydrogens is 136 g/mol. The lowest BCUT2D eigenvalue weighted by atomic mass is 10.6. The third-order valence-corrected chi connectivity index (χ3v) is 2.73. The smallest absolute Gasteiger partial charge is 0.154 e. The van der Waals surface area contributed by atoms with E-state index in [2.05, 4.69) is 0 Å². The molecule has 0 amide bonds. The monoisotopic (exact) mass is 149 g/mol. The zero-order valence-electron chi connectivity index (χ0n) is 5.92. The van der Waals surface area contributed by atoms with E-state index in [9.17, 15) is 8.42 Å². The summed E-state index contributed by atoms with van der Waals surface area (Å²) in [7, 11) is -2.81. The van der Waals surface area contributed by atoms with Gasteiger partial charge in [0, 0.05) is 0 Å². The Morgan fingerprint density at radius 2 is 1.89 bits per heavy atom. The Hall–Kier alpha value is -0.0500.